The second kappa shape index (κ2) is 10.3. The van der Waals surface area contributed by atoms with Gasteiger partial charge < -0.3 is 0 Å². The normalized spacial score (nSPS) is 22.9. The summed E-state index contributed by atoms with van der Waals surface area (Å²) < 4.78 is 45.0. The van der Waals surface area contributed by atoms with Crippen molar-refractivity contribution in [3.63, 3.8) is 0 Å². The Morgan fingerprint density at radius 2 is 1.92 bits per heavy atom. The summed E-state index contributed by atoms with van der Waals surface area (Å²) in [5.74, 6) is 0.665. The van der Waals surface area contributed by atoms with Crippen molar-refractivity contribution in [2.24, 2.45) is 16.7 Å². The van der Waals surface area contributed by atoms with E-state index in [2.05, 4.69) is 14.9 Å². The third-order valence-electron chi connectivity index (χ3n) is 8.67. The summed E-state index contributed by atoms with van der Waals surface area (Å²) in [6.45, 7) is 7.71. The zero-order valence-corrected chi connectivity index (χ0v) is 24.8. The van der Waals surface area contributed by atoms with E-state index < -0.39 is 21.5 Å². The maximum Gasteiger partial charge on any atom is 0.213 e. The Morgan fingerprint density at radius 3 is 2.56 bits per heavy atom. The Hall–Kier alpha value is -2.27. The van der Waals surface area contributed by atoms with E-state index in [-0.39, 0.29) is 28.7 Å². The number of sulfonamides is 1. The molecular weight excluding hydrogens is 559 g/mol. The largest absolute Gasteiger partial charge is 0.299 e. The Balaban J connectivity index is 1.45. The highest BCUT2D eigenvalue weighted by Crippen LogP contribution is 2.64. The molecule has 0 saturated heterocycles. The number of nitrogens with zero attached hydrogens (tertiary/aromatic N) is 3. The Bertz CT molecular complexity index is 1520. The number of ketones is 1. The molecule has 3 aromatic rings. The smallest absolute Gasteiger partial charge is 0.213 e. The number of carbonyl (C=O) groups excluding carboxylic acids is 1. The van der Waals surface area contributed by atoms with Crippen molar-refractivity contribution < 1.29 is 17.6 Å². The Kier molecular flexibility index (Phi) is 7.45. The van der Waals surface area contributed by atoms with Gasteiger partial charge in [0.25, 0.3) is 0 Å². The molecule has 5 rings (SSSR count). The monoisotopic (exact) mass is 590 g/mol. The van der Waals surface area contributed by atoms with Crippen LogP contribution in [0.25, 0.3) is 5.69 Å². The zero-order chi connectivity index (χ0) is 28.2. The minimum Gasteiger partial charge on any atom is -0.299 e. The first-order valence-electron chi connectivity index (χ1n) is 13.0. The predicted octanol–water partition coefficient (Wildman–Crippen LogP) is 6.04. The lowest BCUT2D eigenvalue weighted by Gasteiger charge is -2.36. The number of benzene rings is 2. The molecule has 2 aliphatic rings. The molecule has 39 heavy (non-hydrogen) atoms. The lowest BCUT2D eigenvalue weighted by atomic mass is 9.70. The van der Waals surface area contributed by atoms with E-state index >= 15 is 0 Å². The highest BCUT2D eigenvalue weighted by Gasteiger charge is 2.65. The van der Waals surface area contributed by atoms with Crippen LogP contribution in [0, 0.1) is 29.5 Å². The number of carbonyl (C=O) groups is 1. The van der Waals surface area contributed by atoms with E-state index in [0.717, 1.165) is 23.2 Å². The van der Waals surface area contributed by atoms with Gasteiger partial charge in [0, 0.05) is 22.6 Å². The molecule has 11 heteroatoms. The molecule has 2 bridgehead atoms. The van der Waals surface area contributed by atoms with Crippen molar-refractivity contribution in [2.75, 3.05) is 5.75 Å². The number of hydrogen-bond donors (Lipinski definition) is 1. The summed E-state index contributed by atoms with van der Waals surface area (Å²) in [7, 11) is -3.85. The quantitative estimate of drug-likeness (QED) is 0.306. The average molecular weight is 591 g/mol. The second-order valence-electron chi connectivity index (χ2n) is 11.3. The van der Waals surface area contributed by atoms with Gasteiger partial charge in [0.05, 0.1) is 17.5 Å². The molecule has 1 aromatic heterocycles. The van der Waals surface area contributed by atoms with Crippen molar-refractivity contribution in [1.82, 2.24) is 19.5 Å². The Morgan fingerprint density at radius 1 is 1.21 bits per heavy atom. The van der Waals surface area contributed by atoms with E-state index in [1.807, 2.05) is 31.4 Å². The fraction of sp³-hybridized carbons (Fsp3) is 0.464. The first kappa shape index (κ1) is 28.3. The van der Waals surface area contributed by atoms with E-state index in [9.17, 15) is 17.6 Å². The molecule has 2 aliphatic carbocycles. The molecule has 0 radical (unpaired) electrons. The van der Waals surface area contributed by atoms with Gasteiger partial charge in [0.2, 0.25) is 10.0 Å². The number of aryl methyl sites for hydroxylation is 1. The molecule has 7 nitrogen and oxygen atoms in total. The van der Waals surface area contributed by atoms with Gasteiger partial charge in [-0.3, -0.25) is 9.36 Å². The summed E-state index contributed by atoms with van der Waals surface area (Å²) >= 11 is 7.75. The van der Waals surface area contributed by atoms with Gasteiger partial charge in [-0.25, -0.2) is 17.5 Å². The highest BCUT2D eigenvalue weighted by molar-refractivity contribution is 7.98. The standard InChI is InChI=1S/C28H32ClFN4O3S2/c1-17-5-8-21(29)14-23(17)34-25(31-32-26(34)38-15-19-6-9-22(30)10-7-19)18(2)33-39(36,37)16-28-12-11-20(13-24(28)35)27(28,3)4/h5-10,14,18,20,33H,11-13,15-16H2,1-4H3. The topological polar surface area (TPSA) is 93.9 Å². The van der Waals surface area contributed by atoms with Crippen LogP contribution in [0.1, 0.15) is 63.0 Å². The molecule has 3 unspecified atom stereocenters. The Labute approximate surface area is 238 Å². The van der Waals surface area contributed by atoms with Gasteiger partial charge >= 0.3 is 0 Å². The third kappa shape index (κ3) is 5.16. The van der Waals surface area contributed by atoms with Crippen LogP contribution >= 0.6 is 23.4 Å². The average Bonchev–Trinajstić information content (AvgIpc) is 3.44. The van der Waals surface area contributed by atoms with Gasteiger partial charge in [-0.05, 0) is 73.4 Å². The van der Waals surface area contributed by atoms with E-state index in [0.29, 0.717) is 34.6 Å². The lowest BCUT2D eigenvalue weighted by molar-refractivity contribution is -0.128. The van der Waals surface area contributed by atoms with Crippen molar-refractivity contribution in [3.8, 4) is 5.69 Å². The van der Waals surface area contributed by atoms with Gasteiger partial charge in [-0.15, -0.1) is 10.2 Å². The number of halogens is 2. The second-order valence-corrected chi connectivity index (χ2v) is 14.4. The molecule has 2 aromatic carbocycles. The van der Waals surface area contributed by atoms with E-state index in [1.54, 1.807) is 31.2 Å². The van der Waals surface area contributed by atoms with Crippen LogP contribution in [-0.4, -0.2) is 34.7 Å². The summed E-state index contributed by atoms with van der Waals surface area (Å²) in [5, 5.41) is 9.86. The minimum atomic E-state index is -3.85. The van der Waals surface area contributed by atoms with Gasteiger partial charge in [-0.1, -0.05) is 55.4 Å². The van der Waals surface area contributed by atoms with Crippen LogP contribution in [0.5, 0.6) is 0 Å². The van der Waals surface area contributed by atoms with Crippen LogP contribution in [0.15, 0.2) is 47.6 Å². The number of aromatic nitrogens is 3. The third-order valence-corrected chi connectivity index (χ3v) is 11.5. The molecule has 0 spiro atoms. The van der Waals surface area contributed by atoms with E-state index in [4.69, 9.17) is 11.6 Å². The number of thioether (sulfide) groups is 1. The molecule has 208 valence electrons. The van der Waals surface area contributed by atoms with Crippen molar-refractivity contribution >= 4 is 39.2 Å². The SMILES string of the molecule is Cc1ccc(Cl)cc1-n1c(SCc2ccc(F)cc2)nnc1C(C)NS(=O)(=O)CC12CCC(CC1=O)C2(C)C. The molecule has 0 amide bonds. The number of Topliss-reactive ketones (excluding diaryl/α,β-unsaturated/α-hetero) is 1. The summed E-state index contributed by atoms with van der Waals surface area (Å²) in [4.78, 5) is 13.0. The first-order chi connectivity index (χ1) is 18.3. The molecule has 0 aliphatic heterocycles. The number of rotatable bonds is 9. The van der Waals surface area contributed by atoms with Crippen LogP contribution in [-0.2, 0) is 20.6 Å². The minimum absolute atomic E-state index is 0.0546. The predicted molar refractivity (Wildman–Crippen MR) is 151 cm³/mol. The van der Waals surface area contributed by atoms with Crippen LogP contribution < -0.4 is 4.72 Å². The zero-order valence-electron chi connectivity index (χ0n) is 22.4. The van der Waals surface area contributed by atoms with Gasteiger partial charge in [0.15, 0.2) is 11.0 Å². The molecule has 2 fully saturated rings. The summed E-state index contributed by atoms with van der Waals surface area (Å²) in [6.07, 6.45) is 1.93. The van der Waals surface area contributed by atoms with Gasteiger partial charge in [0.1, 0.15) is 11.6 Å². The van der Waals surface area contributed by atoms with Crippen molar-refractivity contribution in [1.29, 1.82) is 0 Å². The van der Waals surface area contributed by atoms with Crippen LogP contribution in [0.4, 0.5) is 4.39 Å². The highest BCUT2D eigenvalue weighted by atomic mass is 35.5. The lowest BCUT2D eigenvalue weighted by Crippen LogP contribution is -2.45. The molecule has 2 saturated carbocycles. The number of nitrogens with one attached hydrogen (secondary N) is 1. The first-order valence-corrected chi connectivity index (χ1v) is 16.0. The number of hydrogen-bond acceptors (Lipinski definition) is 6. The maximum atomic E-state index is 13.5. The van der Waals surface area contributed by atoms with Gasteiger partial charge in [-0.2, -0.15) is 0 Å². The molecule has 1 heterocycles. The van der Waals surface area contributed by atoms with Crippen LogP contribution in [0.3, 0.4) is 0 Å². The maximum absolute atomic E-state index is 13.5. The fourth-order valence-electron chi connectivity index (χ4n) is 6.23. The summed E-state index contributed by atoms with van der Waals surface area (Å²) in [6, 6.07) is 11.0. The molecule has 1 N–H and O–H groups in total. The number of fused-ring (bicyclic) bond motifs is 2. The fourth-order valence-corrected chi connectivity index (χ4v) is 9.36. The van der Waals surface area contributed by atoms with Crippen LogP contribution in [0.2, 0.25) is 5.02 Å². The summed E-state index contributed by atoms with van der Waals surface area (Å²) in [5.41, 5.74) is 1.33. The molecule has 3 atom stereocenters. The van der Waals surface area contributed by atoms with E-state index in [1.165, 1.54) is 23.9 Å². The van der Waals surface area contributed by atoms with Crippen molar-refractivity contribution in [3.05, 3.63) is 70.3 Å². The molecular formula is C28H32ClFN4O3S2. The van der Waals surface area contributed by atoms with Crippen molar-refractivity contribution in [2.45, 2.75) is 63.9 Å².